The number of nitrogens with one attached hydrogen (secondary N) is 1. The van der Waals surface area contributed by atoms with Crippen molar-refractivity contribution in [3.8, 4) is 11.1 Å². The second-order valence-corrected chi connectivity index (χ2v) is 6.17. The van der Waals surface area contributed by atoms with Crippen LogP contribution in [0.2, 0.25) is 0 Å². The molecule has 0 fully saturated rings. The number of hydrogen-bond acceptors (Lipinski definition) is 3. The third-order valence-corrected chi connectivity index (χ3v) is 4.32. The van der Waals surface area contributed by atoms with Crippen molar-refractivity contribution in [3.05, 3.63) is 92.9 Å². The molecule has 1 amide bonds. The van der Waals surface area contributed by atoms with Gasteiger partial charge in [-0.05, 0) is 45.3 Å². The lowest BCUT2D eigenvalue weighted by Crippen LogP contribution is -2.12. The van der Waals surface area contributed by atoms with Crippen molar-refractivity contribution in [1.29, 1.82) is 0 Å². The number of nitro groups is 1. The van der Waals surface area contributed by atoms with Gasteiger partial charge < -0.3 is 5.32 Å². The highest BCUT2D eigenvalue weighted by Gasteiger charge is 2.12. The molecule has 0 bridgehead atoms. The van der Waals surface area contributed by atoms with Gasteiger partial charge in [-0.25, -0.2) is 0 Å². The van der Waals surface area contributed by atoms with Crippen molar-refractivity contribution in [2.45, 2.75) is 0 Å². The second kappa shape index (κ2) is 7.27. The van der Waals surface area contributed by atoms with Gasteiger partial charge in [0, 0.05) is 22.2 Å². The SMILES string of the molecule is O=C(Nc1ccc([N+](=O)[O-])cc1Br)c1ccc(-c2ccccc2)cc1. The lowest BCUT2D eigenvalue weighted by Gasteiger charge is -2.08. The van der Waals surface area contributed by atoms with E-state index >= 15 is 0 Å². The van der Waals surface area contributed by atoms with Gasteiger partial charge in [-0.15, -0.1) is 0 Å². The molecule has 0 heterocycles. The van der Waals surface area contributed by atoms with E-state index in [1.54, 1.807) is 12.1 Å². The first kappa shape index (κ1) is 16.9. The summed E-state index contributed by atoms with van der Waals surface area (Å²) in [4.78, 5) is 22.6. The molecule has 0 aromatic heterocycles. The van der Waals surface area contributed by atoms with Crippen LogP contribution in [0.3, 0.4) is 0 Å². The van der Waals surface area contributed by atoms with Crippen LogP contribution in [0.15, 0.2) is 77.3 Å². The Morgan fingerprint density at radius 2 is 1.56 bits per heavy atom. The Kier molecular flexibility index (Phi) is 4.90. The van der Waals surface area contributed by atoms with Crippen molar-refractivity contribution in [2.24, 2.45) is 0 Å². The number of halogens is 1. The first-order chi connectivity index (χ1) is 12.0. The molecule has 0 spiro atoms. The van der Waals surface area contributed by atoms with Crippen LogP contribution in [0.25, 0.3) is 11.1 Å². The van der Waals surface area contributed by atoms with Crippen LogP contribution < -0.4 is 5.32 Å². The fourth-order valence-corrected chi connectivity index (χ4v) is 2.82. The number of nitro benzene ring substituents is 1. The Bertz CT molecular complexity index is 925. The van der Waals surface area contributed by atoms with Gasteiger partial charge in [-0.3, -0.25) is 14.9 Å². The number of anilines is 1. The Morgan fingerprint density at radius 1 is 0.920 bits per heavy atom. The molecule has 124 valence electrons. The molecule has 3 aromatic rings. The molecule has 0 unspecified atom stereocenters. The van der Waals surface area contributed by atoms with Crippen molar-refractivity contribution in [2.75, 3.05) is 5.32 Å². The molecule has 0 saturated heterocycles. The van der Waals surface area contributed by atoms with Crippen molar-refractivity contribution in [3.63, 3.8) is 0 Å². The maximum atomic E-state index is 12.4. The monoisotopic (exact) mass is 396 g/mol. The first-order valence-corrected chi connectivity index (χ1v) is 8.24. The highest BCUT2D eigenvalue weighted by molar-refractivity contribution is 9.10. The average molecular weight is 397 g/mol. The summed E-state index contributed by atoms with van der Waals surface area (Å²) in [5, 5.41) is 13.5. The van der Waals surface area contributed by atoms with Gasteiger partial charge in [0.2, 0.25) is 0 Å². The van der Waals surface area contributed by atoms with Crippen molar-refractivity contribution in [1.82, 2.24) is 0 Å². The summed E-state index contributed by atoms with van der Waals surface area (Å²) in [5.74, 6) is -0.283. The predicted molar refractivity (Wildman–Crippen MR) is 101 cm³/mol. The Balaban J connectivity index is 1.77. The number of hydrogen-bond donors (Lipinski definition) is 1. The minimum atomic E-state index is -0.487. The van der Waals surface area contributed by atoms with Gasteiger partial charge in [-0.2, -0.15) is 0 Å². The van der Waals surface area contributed by atoms with Crippen molar-refractivity contribution < 1.29 is 9.72 Å². The summed E-state index contributed by atoms with van der Waals surface area (Å²) >= 11 is 3.24. The highest BCUT2D eigenvalue weighted by atomic mass is 79.9. The maximum Gasteiger partial charge on any atom is 0.270 e. The summed E-state index contributed by atoms with van der Waals surface area (Å²) in [7, 11) is 0. The molecule has 0 atom stereocenters. The van der Waals surface area contributed by atoms with Crippen LogP contribution >= 0.6 is 15.9 Å². The molecule has 3 aromatic carbocycles. The highest BCUT2D eigenvalue weighted by Crippen LogP contribution is 2.27. The molecular formula is C19H13BrN2O3. The predicted octanol–water partition coefficient (Wildman–Crippen LogP) is 5.28. The molecule has 0 aliphatic rings. The van der Waals surface area contributed by atoms with Gasteiger partial charge in [0.25, 0.3) is 11.6 Å². The van der Waals surface area contributed by atoms with E-state index in [0.717, 1.165) is 11.1 Å². The van der Waals surface area contributed by atoms with E-state index in [2.05, 4.69) is 21.2 Å². The zero-order valence-corrected chi connectivity index (χ0v) is 14.6. The van der Waals surface area contributed by atoms with Gasteiger partial charge in [0.05, 0.1) is 10.6 Å². The van der Waals surface area contributed by atoms with E-state index in [1.165, 1.54) is 18.2 Å². The van der Waals surface area contributed by atoms with E-state index in [9.17, 15) is 14.9 Å². The normalized spacial score (nSPS) is 10.3. The van der Waals surface area contributed by atoms with E-state index in [0.29, 0.717) is 15.7 Å². The molecule has 5 nitrogen and oxygen atoms in total. The van der Waals surface area contributed by atoms with Crippen LogP contribution in [0.5, 0.6) is 0 Å². The molecule has 25 heavy (non-hydrogen) atoms. The molecule has 1 N–H and O–H groups in total. The standard InChI is InChI=1S/C19H13BrN2O3/c20-17-12-16(22(24)25)10-11-18(17)21-19(23)15-8-6-14(7-9-15)13-4-2-1-3-5-13/h1-12H,(H,21,23). The number of nitrogens with zero attached hydrogens (tertiary/aromatic N) is 1. The topological polar surface area (TPSA) is 72.2 Å². The Labute approximate surface area is 152 Å². The molecule has 0 saturated carbocycles. The lowest BCUT2D eigenvalue weighted by atomic mass is 10.0. The van der Waals surface area contributed by atoms with Crippen LogP contribution in [-0.4, -0.2) is 10.8 Å². The first-order valence-electron chi connectivity index (χ1n) is 7.45. The fourth-order valence-electron chi connectivity index (χ4n) is 2.36. The number of non-ortho nitro benzene ring substituents is 1. The number of benzene rings is 3. The fraction of sp³-hybridized carbons (Fsp3) is 0. The summed E-state index contributed by atoms with van der Waals surface area (Å²) in [6, 6.07) is 21.3. The largest absolute Gasteiger partial charge is 0.321 e. The zero-order valence-electron chi connectivity index (χ0n) is 13.0. The minimum Gasteiger partial charge on any atom is -0.321 e. The molecular weight excluding hydrogens is 384 g/mol. The Morgan fingerprint density at radius 3 is 2.16 bits per heavy atom. The average Bonchev–Trinajstić information content (AvgIpc) is 2.64. The minimum absolute atomic E-state index is 0.0444. The van der Waals surface area contributed by atoms with E-state index < -0.39 is 4.92 Å². The van der Waals surface area contributed by atoms with E-state index in [4.69, 9.17) is 0 Å². The van der Waals surface area contributed by atoms with Crippen LogP contribution in [0.4, 0.5) is 11.4 Å². The molecule has 0 aliphatic carbocycles. The van der Waals surface area contributed by atoms with Crippen LogP contribution in [-0.2, 0) is 0 Å². The number of carbonyl (C=O) groups excluding carboxylic acids is 1. The zero-order chi connectivity index (χ0) is 17.8. The molecule has 0 radical (unpaired) electrons. The van der Waals surface area contributed by atoms with Gasteiger partial charge in [-0.1, -0.05) is 42.5 Å². The maximum absolute atomic E-state index is 12.4. The third-order valence-electron chi connectivity index (χ3n) is 3.67. The van der Waals surface area contributed by atoms with Gasteiger partial charge >= 0.3 is 0 Å². The summed E-state index contributed by atoms with van der Waals surface area (Å²) < 4.78 is 0.455. The van der Waals surface area contributed by atoms with E-state index in [-0.39, 0.29) is 11.6 Å². The van der Waals surface area contributed by atoms with E-state index in [1.807, 2.05) is 42.5 Å². The van der Waals surface area contributed by atoms with Crippen LogP contribution in [0.1, 0.15) is 10.4 Å². The Hall–Kier alpha value is -2.99. The lowest BCUT2D eigenvalue weighted by molar-refractivity contribution is -0.384. The number of amides is 1. The summed E-state index contributed by atoms with van der Waals surface area (Å²) in [6.07, 6.45) is 0. The van der Waals surface area contributed by atoms with Crippen molar-refractivity contribution >= 4 is 33.2 Å². The third kappa shape index (κ3) is 3.92. The quantitative estimate of drug-likeness (QED) is 0.481. The van der Waals surface area contributed by atoms with Crippen LogP contribution in [0, 0.1) is 10.1 Å². The smallest absolute Gasteiger partial charge is 0.270 e. The molecule has 0 aliphatic heterocycles. The summed E-state index contributed by atoms with van der Waals surface area (Å²) in [6.45, 7) is 0. The van der Waals surface area contributed by atoms with Gasteiger partial charge in [0.1, 0.15) is 0 Å². The number of rotatable bonds is 4. The summed E-state index contributed by atoms with van der Waals surface area (Å²) in [5.41, 5.74) is 3.03. The number of carbonyl (C=O) groups is 1. The molecule has 3 rings (SSSR count). The second-order valence-electron chi connectivity index (χ2n) is 5.32. The van der Waals surface area contributed by atoms with Gasteiger partial charge in [0.15, 0.2) is 0 Å². The molecule has 6 heteroatoms.